The van der Waals surface area contributed by atoms with Gasteiger partial charge in [-0.25, -0.2) is 0 Å². The van der Waals surface area contributed by atoms with Gasteiger partial charge in [-0.05, 0) is 19.2 Å². The number of ether oxygens (including phenoxy) is 1. The second kappa shape index (κ2) is 6.50. The number of carbonyl (C=O) groups excluding carboxylic acids is 1. The first-order valence-corrected chi connectivity index (χ1v) is 8.09. The Bertz CT molecular complexity index is 481. The van der Waals surface area contributed by atoms with Crippen LogP contribution in [0.5, 0.6) is 5.75 Å². The van der Waals surface area contributed by atoms with Gasteiger partial charge >= 0.3 is 0 Å². The number of benzene rings is 1. The molecule has 0 aromatic heterocycles. The van der Waals surface area contributed by atoms with Gasteiger partial charge in [0, 0.05) is 17.4 Å². The number of thioether (sulfide) groups is 1. The average molecular weight is 294 g/mol. The number of hydrogen-bond acceptors (Lipinski definition) is 4. The predicted molar refractivity (Wildman–Crippen MR) is 83.0 cm³/mol. The first-order valence-electron chi connectivity index (χ1n) is 6.80. The van der Waals surface area contributed by atoms with Crippen LogP contribution < -0.4 is 10.1 Å². The maximum absolute atomic E-state index is 12.4. The summed E-state index contributed by atoms with van der Waals surface area (Å²) < 4.78 is 5.42. The van der Waals surface area contributed by atoms with Gasteiger partial charge in [0.05, 0.1) is 13.2 Å². The van der Waals surface area contributed by atoms with Crippen molar-refractivity contribution in [3.63, 3.8) is 0 Å². The van der Waals surface area contributed by atoms with Crippen LogP contribution in [0.25, 0.3) is 0 Å². The van der Waals surface area contributed by atoms with Crippen LogP contribution in [-0.2, 0) is 4.79 Å². The molecular formula is C15H22N2O2S. The van der Waals surface area contributed by atoms with Crippen molar-refractivity contribution in [3.05, 3.63) is 29.8 Å². The average Bonchev–Trinajstić information content (AvgIpc) is 2.75. The van der Waals surface area contributed by atoms with E-state index in [0.717, 1.165) is 17.9 Å². The van der Waals surface area contributed by atoms with E-state index in [0.29, 0.717) is 5.25 Å². The van der Waals surface area contributed by atoms with E-state index in [1.165, 1.54) is 0 Å². The molecule has 0 aliphatic carbocycles. The quantitative estimate of drug-likeness (QED) is 0.904. The topological polar surface area (TPSA) is 41.6 Å². The molecule has 1 saturated heterocycles. The van der Waals surface area contributed by atoms with Crippen LogP contribution in [0.4, 0.5) is 0 Å². The van der Waals surface area contributed by atoms with E-state index in [1.54, 1.807) is 18.9 Å². The lowest BCUT2D eigenvalue weighted by Gasteiger charge is -2.27. The molecule has 0 saturated carbocycles. The predicted octanol–water partition coefficient (Wildman–Crippen LogP) is 2.27. The lowest BCUT2D eigenvalue weighted by atomic mass is 10.1. The van der Waals surface area contributed by atoms with Crippen LogP contribution in [0.3, 0.4) is 0 Å². The van der Waals surface area contributed by atoms with E-state index < -0.39 is 0 Å². The van der Waals surface area contributed by atoms with Crippen LogP contribution >= 0.6 is 11.8 Å². The van der Waals surface area contributed by atoms with Gasteiger partial charge in [0.2, 0.25) is 5.91 Å². The van der Waals surface area contributed by atoms with Gasteiger partial charge in [-0.15, -0.1) is 0 Å². The third kappa shape index (κ3) is 2.94. The Balaban J connectivity index is 2.30. The Morgan fingerprint density at radius 1 is 1.45 bits per heavy atom. The fraction of sp³-hybridized carbons (Fsp3) is 0.533. The number of amides is 1. The van der Waals surface area contributed by atoms with Crippen molar-refractivity contribution in [3.8, 4) is 5.75 Å². The molecular weight excluding hydrogens is 272 g/mol. The summed E-state index contributed by atoms with van der Waals surface area (Å²) in [5.74, 6) is 0.968. The molecule has 0 radical (unpaired) electrons. The molecule has 1 amide bonds. The molecule has 1 N–H and O–H groups in total. The van der Waals surface area contributed by atoms with E-state index in [9.17, 15) is 4.79 Å². The maximum atomic E-state index is 12.4. The van der Waals surface area contributed by atoms with Crippen molar-refractivity contribution in [1.29, 1.82) is 0 Å². The number of methoxy groups -OCH3 is 1. The fourth-order valence-corrected chi connectivity index (χ4v) is 2.78. The van der Waals surface area contributed by atoms with Crippen molar-refractivity contribution in [2.24, 2.45) is 0 Å². The summed E-state index contributed by atoms with van der Waals surface area (Å²) in [6.45, 7) is 4.79. The molecule has 4 nitrogen and oxygen atoms in total. The molecule has 110 valence electrons. The van der Waals surface area contributed by atoms with Crippen molar-refractivity contribution in [2.45, 2.75) is 31.3 Å². The molecule has 3 unspecified atom stereocenters. The van der Waals surface area contributed by atoms with Gasteiger partial charge in [0.25, 0.3) is 0 Å². The monoisotopic (exact) mass is 294 g/mol. The largest absolute Gasteiger partial charge is 0.496 e. The van der Waals surface area contributed by atoms with Crippen LogP contribution in [-0.4, -0.2) is 42.0 Å². The van der Waals surface area contributed by atoms with E-state index >= 15 is 0 Å². The Morgan fingerprint density at radius 3 is 2.80 bits per heavy atom. The summed E-state index contributed by atoms with van der Waals surface area (Å²) in [6.07, 6.45) is 1.96. The van der Waals surface area contributed by atoms with Crippen molar-refractivity contribution >= 4 is 17.7 Å². The highest BCUT2D eigenvalue weighted by atomic mass is 32.2. The third-order valence-corrected chi connectivity index (χ3v) is 4.62. The molecule has 1 aliphatic heterocycles. The molecule has 0 bridgehead atoms. The first kappa shape index (κ1) is 15.2. The Labute approximate surface area is 124 Å². The van der Waals surface area contributed by atoms with Crippen molar-refractivity contribution < 1.29 is 9.53 Å². The van der Waals surface area contributed by atoms with Crippen molar-refractivity contribution in [1.82, 2.24) is 10.2 Å². The van der Waals surface area contributed by atoms with Gasteiger partial charge in [-0.2, -0.15) is 11.8 Å². The second-order valence-electron chi connectivity index (χ2n) is 5.07. The second-order valence-corrected chi connectivity index (χ2v) is 6.35. The number of nitrogens with one attached hydrogen (secondary N) is 1. The smallest absolute Gasteiger partial charge is 0.241 e. The zero-order valence-corrected chi connectivity index (χ0v) is 13.2. The van der Waals surface area contributed by atoms with E-state index in [1.807, 2.05) is 36.1 Å². The highest BCUT2D eigenvalue weighted by molar-refractivity contribution is 7.99. The molecule has 1 aromatic carbocycles. The SMILES string of the molecule is COc1ccccc1C1NC(C)C(=O)N1CC(C)SC. The van der Waals surface area contributed by atoms with E-state index in [-0.39, 0.29) is 18.1 Å². The summed E-state index contributed by atoms with van der Waals surface area (Å²) >= 11 is 1.77. The molecule has 1 heterocycles. The summed E-state index contributed by atoms with van der Waals surface area (Å²) in [5.41, 5.74) is 1.01. The van der Waals surface area contributed by atoms with Crippen LogP contribution in [0, 0.1) is 0 Å². The third-order valence-electron chi connectivity index (χ3n) is 3.66. The summed E-state index contributed by atoms with van der Waals surface area (Å²) in [7, 11) is 1.66. The molecule has 20 heavy (non-hydrogen) atoms. The van der Waals surface area contributed by atoms with E-state index in [2.05, 4.69) is 18.5 Å². The molecule has 3 atom stereocenters. The zero-order valence-electron chi connectivity index (χ0n) is 12.4. The van der Waals surface area contributed by atoms with E-state index in [4.69, 9.17) is 4.74 Å². The Morgan fingerprint density at radius 2 is 2.15 bits per heavy atom. The molecule has 1 aromatic rings. The zero-order chi connectivity index (χ0) is 14.7. The minimum absolute atomic E-state index is 0.108. The highest BCUT2D eigenvalue weighted by Crippen LogP contribution is 2.32. The lowest BCUT2D eigenvalue weighted by molar-refractivity contribution is -0.129. The van der Waals surface area contributed by atoms with Gasteiger partial charge in [-0.3, -0.25) is 10.1 Å². The molecule has 2 rings (SSSR count). The van der Waals surface area contributed by atoms with Gasteiger partial charge in [0.15, 0.2) is 0 Å². The summed E-state index contributed by atoms with van der Waals surface area (Å²) in [4.78, 5) is 14.3. The van der Waals surface area contributed by atoms with Gasteiger partial charge < -0.3 is 9.64 Å². The van der Waals surface area contributed by atoms with Gasteiger partial charge in [-0.1, -0.05) is 25.1 Å². The number of carbonyl (C=O) groups is 1. The molecule has 0 spiro atoms. The standard InChI is InChI=1S/C15H22N2O2S/c1-10(20-4)9-17-14(16-11(2)15(17)18)12-7-5-6-8-13(12)19-3/h5-8,10-11,14,16H,9H2,1-4H3. The normalized spacial score (nSPS) is 24.0. The maximum Gasteiger partial charge on any atom is 0.241 e. The number of hydrogen-bond donors (Lipinski definition) is 1. The summed E-state index contributed by atoms with van der Waals surface area (Å²) in [6, 6.07) is 7.71. The fourth-order valence-electron chi connectivity index (χ4n) is 2.47. The molecule has 1 fully saturated rings. The van der Waals surface area contributed by atoms with Gasteiger partial charge in [0.1, 0.15) is 11.9 Å². The minimum atomic E-state index is -0.154. The molecule has 1 aliphatic rings. The number of nitrogens with zero attached hydrogens (tertiary/aromatic N) is 1. The van der Waals surface area contributed by atoms with Crippen LogP contribution in [0.15, 0.2) is 24.3 Å². The Kier molecular flexibility index (Phi) is 4.94. The molecule has 5 heteroatoms. The number of rotatable bonds is 5. The number of para-hydroxylation sites is 1. The summed E-state index contributed by atoms with van der Waals surface area (Å²) in [5, 5.41) is 3.77. The Hall–Kier alpha value is -1.20. The van der Waals surface area contributed by atoms with Crippen LogP contribution in [0.1, 0.15) is 25.6 Å². The van der Waals surface area contributed by atoms with Crippen LogP contribution in [0.2, 0.25) is 0 Å². The first-order chi connectivity index (χ1) is 9.58. The highest BCUT2D eigenvalue weighted by Gasteiger charge is 2.38. The van der Waals surface area contributed by atoms with Crippen molar-refractivity contribution in [2.75, 3.05) is 19.9 Å². The minimum Gasteiger partial charge on any atom is -0.496 e. The lowest BCUT2D eigenvalue weighted by Crippen LogP contribution is -2.35.